The first-order chi connectivity index (χ1) is 6.32. The summed E-state index contributed by atoms with van der Waals surface area (Å²) in [5.41, 5.74) is -0.567. The summed E-state index contributed by atoms with van der Waals surface area (Å²) >= 11 is 2.74. The molecule has 3 nitrogen and oxygen atoms in total. The van der Waals surface area contributed by atoms with Crippen LogP contribution in [0, 0.1) is 0 Å². The number of pyridine rings is 1. The van der Waals surface area contributed by atoms with Gasteiger partial charge in [0.1, 0.15) is 10.4 Å². The van der Waals surface area contributed by atoms with E-state index in [2.05, 4.69) is 20.9 Å². The van der Waals surface area contributed by atoms with Gasteiger partial charge in [-0.2, -0.15) is 13.2 Å². The van der Waals surface area contributed by atoms with Crippen LogP contribution in [-0.2, 0) is 0 Å². The average molecular weight is 272 g/mol. The fourth-order valence-electron chi connectivity index (χ4n) is 0.761. The molecule has 2 N–H and O–H groups in total. The summed E-state index contributed by atoms with van der Waals surface area (Å²) in [6.45, 7) is 0. The van der Waals surface area contributed by atoms with Gasteiger partial charge in [0, 0.05) is 0 Å². The van der Waals surface area contributed by atoms with Crippen molar-refractivity contribution in [3.63, 3.8) is 0 Å². The topological polar surface area (TPSA) is 53.4 Å². The summed E-state index contributed by atoms with van der Waals surface area (Å²) in [6, 6.07) is 1.92. The minimum atomic E-state index is -4.76. The molecule has 1 aromatic heterocycles. The Morgan fingerprint density at radius 2 is 1.93 bits per heavy atom. The zero-order valence-electron chi connectivity index (χ0n) is 6.59. The van der Waals surface area contributed by atoms with Gasteiger partial charge in [-0.25, -0.2) is 4.98 Å². The third kappa shape index (κ3) is 2.36. The Labute approximate surface area is 85.3 Å². The van der Waals surface area contributed by atoms with Gasteiger partial charge in [0.2, 0.25) is 0 Å². The summed E-state index contributed by atoms with van der Waals surface area (Å²) in [4.78, 5) is 3.34. The van der Waals surface area contributed by atoms with Crippen LogP contribution < -0.4 is 0 Å². The lowest BCUT2D eigenvalue weighted by Gasteiger charge is -2.13. The molecule has 1 unspecified atom stereocenters. The normalized spacial score (nSPS) is 14.1. The second-order valence-corrected chi connectivity index (χ2v) is 3.24. The van der Waals surface area contributed by atoms with Crippen LogP contribution in [0.15, 0.2) is 16.7 Å². The van der Waals surface area contributed by atoms with Crippen molar-refractivity contribution in [2.75, 3.05) is 0 Å². The second kappa shape index (κ2) is 3.74. The fourth-order valence-corrected chi connectivity index (χ4v) is 1.10. The zero-order chi connectivity index (χ0) is 10.9. The summed E-state index contributed by atoms with van der Waals surface area (Å²) in [6.07, 6.45) is -7.40. The first kappa shape index (κ1) is 11.3. The van der Waals surface area contributed by atoms with Crippen LogP contribution in [0.1, 0.15) is 11.8 Å². The van der Waals surface area contributed by atoms with Crippen molar-refractivity contribution in [3.8, 4) is 5.75 Å². The Balaban J connectivity index is 3.03. The Morgan fingerprint density at radius 1 is 1.36 bits per heavy atom. The van der Waals surface area contributed by atoms with Crippen LogP contribution in [0.2, 0.25) is 0 Å². The van der Waals surface area contributed by atoms with E-state index in [1.165, 1.54) is 0 Å². The van der Waals surface area contributed by atoms with Crippen LogP contribution in [0.4, 0.5) is 13.2 Å². The lowest BCUT2D eigenvalue weighted by molar-refractivity contribution is -0.208. The number of halogens is 4. The maximum absolute atomic E-state index is 12.0. The minimum Gasteiger partial charge on any atom is -0.505 e. The number of aliphatic hydroxyl groups is 1. The first-order valence-corrected chi connectivity index (χ1v) is 4.22. The molecule has 0 amide bonds. The maximum Gasteiger partial charge on any atom is 0.420 e. The highest BCUT2D eigenvalue weighted by atomic mass is 79.9. The summed E-state index contributed by atoms with van der Waals surface area (Å²) < 4.78 is 35.9. The Hall–Kier alpha value is -0.820. The van der Waals surface area contributed by atoms with E-state index in [1.807, 2.05) is 0 Å². The van der Waals surface area contributed by atoms with Gasteiger partial charge in [0.05, 0.1) is 5.69 Å². The Kier molecular flexibility index (Phi) is 3.01. The predicted molar refractivity (Wildman–Crippen MR) is 44.6 cm³/mol. The smallest absolute Gasteiger partial charge is 0.420 e. The molecule has 7 heteroatoms. The monoisotopic (exact) mass is 271 g/mol. The molecule has 0 spiro atoms. The van der Waals surface area contributed by atoms with E-state index in [4.69, 9.17) is 10.2 Å². The Bertz CT molecular complexity index is 342. The number of hydrogen-bond donors (Lipinski definition) is 2. The lowest BCUT2D eigenvalue weighted by Crippen LogP contribution is -2.21. The molecule has 0 fully saturated rings. The van der Waals surface area contributed by atoms with Gasteiger partial charge in [0.15, 0.2) is 6.10 Å². The number of hydrogen-bond acceptors (Lipinski definition) is 3. The van der Waals surface area contributed by atoms with E-state index in [0.29, 0.717) is 0 Å². The van der Waals surface area contributed by atoms with E-state index in [9.17, 15) is 13.2 Å². The summed E-state index contributed by atoms with van der Waals surface area (Å²) in [5, 5.41) is 17.7. The number of aliphatic hydroxyl groups excluding tert-OH is 1. The molecule has 1 aromatic rings. The molecule has 78 valence electrons. The number of alkyl halides is 3. The molecule has 0 aliphatic carbocycles. The molecule has 1 heterocycles. The van der Waals surface area contributed by atoms with Gasteiger partial charge >= 0.3 is 6.18 Å². The van der Waals surface area contributed by atoms with Crippen molar-refractivity contribution in [3.05, 3.63) is 22.4 Å². The molecule has 0 bridgehead atoms. The average Bonchev–Trinajstić information content (AvgIpc) is 2.07. The molecular weight excluding hydrogens is 267 g/mol. The van der Waals surface area contributed by atoms with Crippen LogP contribution in [0.5, 0.6) is 5.75 Å². The van der Waals surface area contributed by atoms with Crippen LogP contribution >= 0.6 is 15.9 Å². The van der Waals surface area contributed by atoms with Crippen molar-refractivity contribution in [1.29, 1.82) is 0 Å². The van der Waals surface area contributed by atoms with E-state index >= 15 is 0 Å². The van der Waals surface area contributed by atoms with Crippen LogP contribution in [-0.4, -0.2) is 21.4 Å². The van der Waals surface area contributed by atoms with E-state index < -0.39 is 18.0 Å². The van der Waals surface area contributed by atoms with Crippen molar-refractivity contribution < 1.29 is 23.4 Å². The fraction of sp³-hybridized carbons (Fsp3) is 0.286. The summed E-state index contributed by atoms with van der Waals surface area (Å²) in [7, 11) is 0. The van der Waals surface area contributed by atoms with Gasteiger partial charge in [-0.1, -0.05) is 0 Å². The molecule has 0 aromatic carbocycles. The lowest BCUT2D eigenvalue weighted by atomic mass is 10.2. The molecule has 0 saturated heterocycles. The predicted octanol–water partition coefficient (Wildman–Crippen LogP) is 2.15. The molecule has 0 aliphatic rings. The Morgan fingerprint density at radius 3 is 2.36 bits per heavy atom. The molecule has 14 heavy (non-hydrogen) atoms. The van der Waals surface area contributed by atoms with E-state index in [1.54, 1.807) is 0 Å². The van der Waals surface area contributed by atoms with Gasteiger partial charge in [-0.15, -0.1) is 0 Å². The molecule has 0 radical (unpaired) electrons. The molecule has 1 rings (SSSR count). The third-order valence-electron chi connectivity index (χ3n) is 1.44. The standard InChI is InChI=1S/C7H5BrF3NO2/c8-6-4(13)2-1-3(12-6)5(14)7(9,10)11/h1-2,5,13-14H. The second-order valence-electron chi connectivity index (χ2n) is 2.49. The SMILES string of the molecule is Oc1ccc(C(O)C(F)(F)F)nc1Br. The van der Waals surface area contributed by atoms with Gasteiger partial charge in [-0.05, 0) is 28.1 Å². The van der Waals surface area contributed by atoms with Gasteiger partial charge < -0.3 is 10.2 Å². The number of nitrogens with zero attached hydrogens (tertiary/aromatic N) is 1. The minimum absolute atomic E-state index is 0.140. The van der Waals surface area contributed by atoms with E-state index in [-0.39, 0.29) is 10.4 Å². The van der Waals surface area contributed by atoms with Crippen LogP contribution in [0.3, 0.4) is 0 Å². The number of aromatic nitrogens is 1. The quantitative estimate of drug-likeness (QED) is 0.770. The third-order valence-corrected chi connectivity index (χ3v) is 2.02. The van der Waals surface area contributed by atoms with Crippen molar-refractivity contribution >= 4 is 15.9 Å². The first-order valence-electron chi connectivity index (χ1n) is 3.42. The zero-order valence-corrected chi connectivity index (χ0v) is 8.17. The van der Waals surface area contributed by atoms with Gasteiger partial charge in [-0.3, -0.25) is 0 Å². The highest BCUT2D eigenvalue weighted by molar-refractivity contribution is 9.10. The number of rotatable bonds is 1. The van der Waals surface area contributed by atoms with Crippen molar-refractivity contribution in [2.45, 2.75) is 12.3 Å². The van der Waals surface area contributed by atoms with Crippen molar-refractivity contribution in [1.82, 2.24) is 4.98 Å². The van der Waals surface area contributed by atoms with Gasteiger partial charge in [0.25, 0.3) is 0 Å². The van der Waals surface area contributed by atoms with Crippen molar-refractivity contribution in [2.24, 2.45) is 0 Å². The molecule has 0 saturated carbocycles. The highest BCUT2D eigenvalue weighted by Crippen LogP contribution is 2.33. The largest absolute Gasteiger partial charge is 0.505 e. The maximum atomic E-state index is 12.0. The number of aromatic hydroxyl groups is 1. The van der Waals surface area contributed by atoms with Crippen LogP contribution in [0.25, 0.3) is 0 Å². The molecular formula is C7H5BrF3NO2. The molecule has 1 atom stereocenters. The van der Waals surface area contributed by atoms with E-state index in [0.717, 1.165) is 12.1 Å². The highest BCUT2D eigenvalue weighted by Gasteiger charge is 2.40. The summed E-state index contributed by atoms with van der Waals surface area (Å²) in [5.74, 6) is -0.289. The molecule has 0 aliphatic heterocycles.